The van der Waals surface area contributed by atoms with Gasteiger partial charge >= 0.3 is 0 Å². The van der Waals surface area contributed by atoms with Gasteiger partial charge < -0.3 is 9.88 Å². The highest BCUT2D eigenvalue weighted by Crippen LogP contribution is 2.39. The maximum atomic E-state index is 4.66. The van der Waals surface area contributed by atoms with Crippen LogP contribution in [0.4, 0.5) is 0 Å². The van der Waals surface area contributed by atoms with Crippen molar-refractivity contribution >= 4 is 0 Å². The second kappa shape index (κ2) is 7.09. The highest BCUT2D eigenvalue weighted by Gasteiger charge is 2.31. The van der Waals surface area contributed by atoms with Crippen LogP contribution in [0.3, 0.4) is 0 Å². The van der Waals surface area contributed by atoms with Crippen LogP contribution in [0.2, 0.25) is 0 Å². The van der Waals surface area contributed by atoms with Crippen LogP contribution in [0, 0.1) is 11.8 Å². The van der Waals surface area contributed by atoms with Gasteiger partial charge in [-0.25, -0.2) is 4.98 Å². The van der Waals surface area contributed by atoms with Crippen LogP contribution in [-0.2, 0) is 6.54 Å². The number of hydrogen-bond donors (Lipinski definition) is 1. The van der Waals surface area contributed by atoms with Crippen molar-refractivity contribution in [1.29, 1.82) is 0 Å². The van der Waals surface area contributed by atoms with Crippen LogP contribution in [-0.4, -0.2) is 22.6 Å². The third-order valence-electron chi connectivity index (χ3n) is 4.51. The first kappa shape index (κ1) is 14.6. The Kier molecular flexibility index (Phi) is 5.44. The van der Waals surface area contributed by atoms with Crippen molar-refractivity contribution in [3.63, 3.8) is 0 Å². The van der Waals surface area contributed by atoms with Gasteiger partial charge in [-0.05, 0) is 51.1 Å². The van der Waals surface area contributed by atoms with Gasteiger partial charge in [-0.15, -0.1) is 0 Å². The van der Waals surface area contributed by atoms with Crippen LogP contribution in [0.1, 0.15) is 58.2 Å². The maximum Gasteiger partial charge on any atom is 0.112 e. The smallest absolute Gasteiger partial charge is 0.112 e. The molecule has 1 aliphatic carbocycles. The van der Waals surface area contributed by atoms with Gasteiger partial charge in [-0.3, -0.25) is 0 Å². The van der Waals surface area contributed by atoms with Gasteiger partial charge in [0.05, 0.1) is 0 Å². The second-order valence-corrected chi connectivity index (χ2v) is 6.06. The summed E-state index contributed by atoms with van der Waals surface area (Å²) in [5.41, 5.74) is 0. The SMILES string of the molecule is CCCNCC1CCC(C)CC1c1nccn1CC. The topological polar surface area (TPSA) is 29.9 Å². The number of rotatable bonds is 6. The molecule has 1 aromatic heterocycles. The van der Waals surface area contributed by atoms with E-state index in [-0.39, 0.29) is 0 Å². The van der Waals surface area contributed by atoms with Crippen LogP contribution in [0.25, 0.3) is 0 Å². The highest BCUT2D eigenvalue weighted by atomic mass is 15.1. The molecule has 1 saturated carbocycles. The molecular formula is C16H29N3. The predicted octanol–water partition coefficient (Wildman–Crippen LogP) is 3.42. The zero-order valence-corrected chi connectivity index (χ0v) is 12.7. The molecule has 0 aromatic carbocycles. The monoisotopic (exact) mass is 263 g/mol. The van der Waals surface area contributed by atoms with Crippen molar-refractivity contribution in [2.75, 3.05) is 13.1 Å². The highest BCUT2D eigenvalue weighted by molar-refractivity contribution is 5.05. The lowest BCUT2D eigenvalue weighted by molar-refractivity contribution is 0.231. The van der Waals surface area contributed by atoms with Crippen molar-refractivity contribution in [2.24, 2.45) is 11.8 Å². The molecule has 1 aromatic rings. The van der Waals surface area contributed by atoms with Gasteiger partial charge in [0.2, 0.25) is 0 Å². The van der Waals surface area contributed by atoms with E-state index in [1.807, 2.05) is 6.20 Å². The first-order chi connectivity index (χ1) is 9.26. The first-order valence-electron chi connectivity index (χ1n) is 7.98. The number of nitrogens with zero attached hydrogens (tertiary/aromatic N) is 2. The van der Waals surface area contributed by atoms with E-state index in [2.05, 4.69) is 41.8 Å². The van der Waals surface area contributed by atoms with Gasteiger partial charge in [0, 0.05) is 24.9 Å². The standard InChI is InChI=1S/C16H29N3/c1-4-8-17-12-14-7-6-13(3)11-15(14)16-18-9-10-19(16)5-2/h9-10,13-15,17H,4-8,11-12H2,1-3H3. The fourth-order valence-corrected chi connectivity index (χ4v) is 3.39. The van der Waals surface area contributed by atoms with Crippen molar-refractivity contribution in [3.05, 3.63) is 18.2 Å². The Labute approximate surface area is 117 Å². The van der Waals surface area contributed by atoms with E-state index < -0.39 is 0 Å². The van der Waals surface area contributed by atoms with Crippen molar-refractivity contribution in [1.82, 2.24) is 14.9 Å². The first-order valence-corrected chi connectivity index (χ1v) is 7.98. The summed E-state index contributed by atoms with van der Waals surface area (Å²) < 4.78 is 2.33. The molecule has 1 fully saturated rings. The molecule has 3 atom stereocenters. The lowest BCUT2D eigenvalue weighted by atomic mass is 9.74. The average Bonchev–Trinajstić information content (AvgIpc) is 2.88. The lowest BCUT2D eigenvalue weighted by Gasteiger charge is -2.35. The summed E-state index contributed by atoms with van der Waals surface area (Å²) in [6.45, 7) is 10.2. The lowest BCUT2D eigenvalue weighted by Crippen LogP contribution is -2.33. The summed E-state index contributed by atoms with van der Waals surface area (Å²) in [6, 6.07) is 0. The third-order valence-corrected chi connectivity index (χ3v) is 4.51. The minimum atomic E-state index is 0.642. The quantitative estimate of drug-likeness (QED) is 0.797. The zero-order valence-electron chi connectivity index (χ0n) is 12.7. The Morgan fingerprint density at radius 2 is 2.21 bits per heavy atom. The zero-order chi connectivity index (χ0) is 13.7. The molecule has 1 heterocycles. The van der Waals surface area contributed by atoms with Crippen LogP contribution >= 0.6 is 0 Å². The fraction of sp³-hybridized carbons (Fsp3) is 0.812. The molecule has 0 spiro atoms. The molecule has 1 aliphatic rings. The molecular weight excluding hydrogens is 234 g/mol. The van der Waals surface area contributed by atoms with Crippen molar-refractivity contribution < 1.29 is 0 Å². The number of nitrogens with one attached hydrogen (secondary N) is 1. The van der Waals surface area contributed by atoms with E-state index in [1.165, 1.54) is 31.5 Å². The molecule has 0 radical (unpaired) electrons. The summed E-state index contributed by atoms with van der Waals surface area (Å²) >= 11 is 0. The van der Waals surface area contributed by atoms with Crippen molar-refractivity contribution in [3.8, 4) is 0 Å². The second-order valence-electron chi connectivity index (χ2n) is 6.06. The van der Waals surface area contributed by atoms with E-state index in [1.54, 1.807) is 0 Å². The fourth-order valence-electron chi connectivity index (χ4n) is 3.39. The molecule has 108 valence electrons. The largest absolute Gasteiger partial charge is 0.335 e. The molecule has 0 aliphatic heterocycles. The van der Waals surface area contributed by atoms with E-state index >= 15 is 0 Å². The van der Waals surface area contributed by atoms with Gasteiger partial charge in [-0.1, -0.05) is 20.3 Å². The van der Waals surface area contributed by atoms with E-state index in [4.69, 9.17) is 0 Å². The number of aromatic nitrogens is 2. The summed E-state index contributed by atoms with van der Waals surface area (Å²) in [5.74, 6) is 3.56. The summed E-state index contributed by atoms with van der Waals surface area (Å²) in [7, 11) is 0. The molecule has 3 nitrogen and oxygen atoms in total. The molecule has 2 rings (SSSR count). The molecule has 3 unspecified atom stereocenters. The molecule has 1 N–H and O–H groups in total. The minimum absolute atomic E-state index is 0.642. The Balaban J connectivity index is 2.07. The van der Waals surface area contributed by atoms with E-state index in [0.29, 0.717) is 5.92 Å². The number of hydrogen-bond acceptors (Lipinski definition) is 2. The van der Waals surface area contributed by atoms with Gasteiger partial charge in [0.1, 0.15) is 5.82 Å². The van der Waals surface area contributed by atoms with Gasteiger partial charge in [0.15, 0.2) is 0 Å². The summed E-state index contributed by atoms with van der Waals surface area (Å²) in [4.78, 5) is 4.66. The Morgan fingerprint density at radius 1 is 1.37 bits per heavy atom. The average molecular weight is 263 g/mol. The third kappa shape index (κ3) is 3.59. The Bertz CT molecular complexity index is 372. The maximum absolute atomic E-state index is 4.66. The van der Waals surface area contributed by atoms with Gasteiger partial charge in [0.25, 0.3) is 0 Å². The molecule has 19 heavy (non-hydrogen) atoms. The van der Waals surface area contributed by atoms with Crippen LogP contribution in [0.5, 0.6) is 0 Å². The molecule has 3 heteroatoms. The molecule has 0 saturated heterocycles. The summed E-state index contributed by atoms with van der Waals surface area (Å²) in [6.07, 6.45) is 9.34. The normalized spacial score (nSPS) is 27.6. The van der Waals surface area contributed by atoms with Crippen molar-refractivity contribution in [2.45, 2.75) is 58.9 Å². The van der Waals surface area contributed by atoms with Gasteiger partial charge in [-0.2, -0.15) is 0 Å². The Morgan fingerprint density at radius 3 is 2.95 bits per heavy atom. The summed E-state index contributed by atoms with van der Waals surface area (Å²) in [5, 5.41) is 3.61. The number of aryl methyl sites for hydroxylation is 1. The number of imidazole rings is 1. The predicted molar refractivity (Wildman–Crippen MR) is 80.3 cm³/mol. The Hall–Kier alpha value is -0.830. The van der Waals surface area contributed by atoms with Crippen LogP contribution in [0.15, 0.2) is 12.4 Å². The molecule has 0 amide bonds. The van der Waals surface area contributed by atoms with Crippen LogP contribution < -0.4 is 5.32 Å². The van der Waals surface area contributed by atoms with E-state index in [0.717, 1.165) is 31.5 Å². The molecule has 0 bridgehead atoms. The minimum Gasteiger partial charge on any atom is -0.335 e. The van der Waals surface area contributed by atoms with E-state index in [9.17, 15) is 0 Å².